The van der Waals surface area contributed by atoms with Gasteiger partial charge in [-0.15, -0.1) is 0 Å². The number of carbonyl (C=O) groups is 2. The summed E-state index contributed by atoms with van der Waals surface area (Å²) in [5.41, 5.74) is 9.16. The van der Waals surface area contributed by atoms with Crippen LogP contribution in [0.2, 0.25) is 0 Å². The highest BCUT2D eigenvalue weighted by Crippen LogP contribution is 2.33. The zero-order valence-electron chi connectivity index (χ0n) is 23.5. The molecule has 218 valence electrons. The standard InChI is InChI=1S/C30H33FN8O3/c1-3-12-39-13-4-5-19(17-39)18-6-9-23(25(14-18)42-2)36-30-37-27-22(10-11-33-27)28(38-30)35-24-15-20(31)7-8-21(24)29(41)34-16-26(32)40/h5-11,14-15H,3-4,12-13,16-17H2,1-2H3,(H2,32,40)(H,34,41)(H3,33,35,36,37,38)/p+1. The van der Waals surface area contributed by atoms with Crippen LogP contribution in [0.15, 0.2) is 54.7 Å². The fraction of sp³-hybridized carbons (Fsp3) is 0.267. The Labute approximate surface area is 242 Å². The summed E-state index contributed by atoms with van der Waals surface area (Å²) < 4.78 is 20.0. The van der Waals surface area contributed by atoms with Crippen LogP contribution < -0.4 is 31.4 Å². The average Bonchev–Trinajstić information content (AvgIpc) is 3.46. The number of primary amides is 1. The van der Waals surface area contributed by atoms with Crippen LogP contribution in [0.5, 0.6) is 5.75 Å². The van der Waals surface area contributed by atoms with Gasteiger partial charge < -0.3 is 21.1 Å². The van der Waals surface area contributed by atoms with Crippen molar-refractivity contribution < 1.29 is 23.7 Å². The van der Waals surface area contributed by atoms with Crippen LogP contribution >= 0.6 is 0 Å². The van der Waals surface area contributed by atoms with Gasteiger partial charge in [-0.05, 0) is 66.9 Å². The average molecular weight is 574 g/mol. The zero-order chi connectivity index (χ0) is 29.6. The van der Waals surface area contributed by atoms with Crippen molar-refractivity contribution in [2.45, 2.75) is 19.8 Å². The summed E-state index contributed by atoms with van der Waals surface area (Å²) in [5, 5.41) is 9.47. The fourth-order valence-corrected chi connectivity index (χ4v) is 4.99. The second kappa shape index (κ2) is 12.7. The van der Waals surface area contributed by atoms with Gasteiger partial charge in [0.15, 0.2) is 5.75 Å². The zero-order valence-corrected chi connectivity index (χ0v) is 23.5. The van der Waals surface area contributed by atoms with Gasteiger partial charge in [-0.25, -0.2) is 9.37 Å². The molecule has 0 fully saturated rings. The van der Waals surface area contributed by atoms with Crippen molar-refractivity contribution in [3.05, 3.63) is 71.7 Å². The summed E-state index contributed by atoms with van der Waals surface area (Å²) in [4.78, 5) is 37.3. The molecule has 0 spiro atoms. The molecule has 2 amide bonds. The first-order valence-corrected chi connectivity index (χ1v) is 13.7. The van der Waals surface area contributed by atoms with Gasteiger partial charge >= 0.3 is 5.95 Å². The number of nitrogens with one attached hydrogen (secondary N) is 5. The van der Waals surface area contributed by atoms with E-state index in [9.17, 15) is 14.0 Å². The van der Waals surface area contributed by atoms with Gasteiger partial charge in [-0.3, -0.25) is 24.8 Å². The Kier molecular flexibility index (Phi) is 8.63. The van der Waals surface area contributed by atoms with Crippen LogP contribution in [0.3, 0.4) is 0 Å². The first-order valence-electron chi connectivity index (χ1n) is 13.7. The van der Waals surface area contributed by atoms with E-state index in [1.165, 1.54) is 17.7 Å². The van der Waals surface area contributed by atoms with Crippen molar-refractivity contribution in [3.63, 3.8) is 0 Å². The third kappa shape index (κ3) is 6.50. The summed E-state index contributed by atoms with van der Waals surface area (Å²) in [6.07, 6.45) is 6.16. The second-order valence-electron chi connectivity index (χ2n) is 10.00. The number of hydrogen-bond acceptors (Lipinski definition) is 7. The molecule has 0 saturated carbocycles. The molecule has 0 saturated heterocycles. The Morgan fingerprint density at radius 2 is 2.02 bits per heavy atom. The SMILES string of the molecule is CCCN1CCC=C(c2ccc(Nc3nc(Nc4cc(F)ccc4C(=O)NCC(N)=O)c4cc[nH]c4[nH+]3)c(OC)c2)C1. The molecule has 1 aliphatic rings. The third-order valence-electron chi connectivity index (χ3n) is 6.97. The molecule has 0 atom stereocenters. The molecule has 12 heteroatoms. The number of halogens is 1. The van der Waals surface area contributed by atoms with Crippen LogP contribution in [-0.4, -0.2) is 60.0 Å². The normalized spacial score (nSPS) is 13.5. The molecule has 2 aromatic carbocycles. The summed E-state index contributed by atoms with van der Waals surface area (Å²) >= 11 is 0. The molecule has 3 heterocycles. The van der Waals surface area contributed by atoms with Crippen molar-refractivity contribution >= 4 is 51.6 Å². The number of amides is 2. The Bertz CT molecular complexity index is 1650. The molecule has 5 rings (SSSR count). The van der Waals surface area contributed by atoms with Crippen LogP contribution in [0.25, 0.3) is 16.6 Å². The highest BCUT2D eigenvalue weighted by atomic mass is 19.1. The largest absolute Gasteiger partial charge is 0.493 e. The lowest BCUT2D eigenvalue weighted by atomic mass is 10.00. The van der Waals surface area contributed by atoms with E-state index in [-0.39, 0.29) is 17.8 Å². The molecule has 2 aromatic heterocycles. The molecule has 0 bridgehead atoms. The number of hydrogen-bond donors (Lipinski definition) is 5. The molecule has 0 aliphatic carbocycles. The Morgan fingerprint density at radius 3 is 2.81 bits per heavy atom. The summed E-state index contributed by atoms with van der Waals surface area (Å²) in [6, 6.07) is 11.5. The van der Waals surface area contributed by atoms with E-state index in [1.54, 1.807) is 19.4 Å². The molecule has 11 nitrogen and oxygen atoms in total. The minimum absolute atomic E-state index is 0.122. The topological polar surface area (TPSA) is 152 Å². The first-order chi connectivity index (χ1) is 20.3. The molecular formula is C30H34FN8O3+. The Hall–Kier alpha value is -4.97. The number of nitrogens with two attached hydrogens (primary N) is 1. The maximum atomic E-state index is 14.2. The number of rotatable bonds is 11. The van der Waals surface area contributed by atoms with E-state index < -0.39 is 17.6 Å². The number of fused-ring (bicyclic) bond motifs is 1. The monoisotopic (exact) mass is 573 g/mol. The lowest BCUT2D eigenvalue weighted by Gasteiger charge is -2.27. The predicted molar refractivity (Wildman–Crippen MR) is 159 cm³/mol. The first kappa shape index (κ1) is 28.6. The van der Waals surface area contributed by atoms with Gasteiger partial charge in [0.1, 0.15) is 11.5 Å². The summed E-state index contributed by atoms with van der Waals surface area (Å²) in [6.45, 7) is 4.89. The number of aromatic amines is 2. The van der Waals surface area contributed by atoms with Crippen molar-refractivity contribution in [3.8, 4) is 5.75 Å². The number of anilines is 4. The molecule has 4 aromatic rings. The molecule has 7 N–H and O–H groups in total. The third-order valence-corrected chi connectivity index (χ3v) is 6.97. The second-order valence-corrected chi connectivity index (χ2v) is 10.00. The van der Waals surface area contributed by atoms with Gasteiger partial charge in [0.2, 0.25) is 17.4 Å². The number of aromatic nitrogens is 3. The van der Waals surface area contributed by atoms with E-state index in [0.717, 1.165) is 44.1 Å². The lowest BCUT2D eigenvalue weighted by molar-refractivity contribution is -0.333. The number of ether oxygens (including phenoxy) is 1. The number of benzene rings is 2. The van der Waals surface area contributed by atoms with Crippen molar-refractivity contribution in [1.29, 1.82) is 0 Å². The van der Waals surface area contributed by atoms with Gasteiger partial charge in [0.05, 0.1) is 30.3 Å². The fourth-order valence-electron chi connectivity index (χ4n) is 4.99. The van der Waals surface area contributed by atoms with E-state index >= 15 is 0 Å². The van der Waals surface area contributed by atoms with Gasteiger partial charge in [-0.1, -0.05) is 24.1 Å². The van der Waals surface area contributed by atoms with Crippen LogP contribution in [0.4, 0.5) is 27.5 Å². The summed E-state index contributed by atoms with van der Waals surface area (Å²) in [5.74, 6) is -0.441. The van der Waals surface area contributed by atoms with Crippen LogP contribution in [-0.2, 0) is 4.79 Å². The number of carbonyl (C=O) groups excluding carboxylic acids is 2. The summed E-state index contributed by atoms with van der Waals surface area (Å²) in [7, 11) is 1.62. The molecule has 1 aliphatic heterocycles. The van der Waals surface area contributed by atoms with Gasteiger partial charge in [0.25, 0.3) is 5.91 Å². The molecule has 42 heavy (non-hydrogen) atoms. The molecule has 0 unspecified atom stereocenters. The van der Waals surface area contributed by atoms with Crippen molar-refractivity contribution in [2.24, 2.45) is 5.73 Å². The quantitative estimate of drug-likeness (QED) is 0.183. The highest BCUT2D eigenvalue weighted by molar-refractivity contribution is 6.02. The predicted octanol–water partition coefficient (Wildman–Crippen LogP) is 3.73. The maximum absolute atomic E-state index is 14.2. The van der Waals surface area contributed by atoms with E-state index in [1.807, 2.05) is 12.1 Å². The lowest BCUT2D eigenvalue weighted by Crippen LogP contribution is -2.33. The number of H-pyrrole nitrogens is 2. The number of methoxy groups -OCH3 is 1. The van der Waals surface area contributed by atoms with E-state index in [0.29, 0.717) is 34.2 Å². The van der Waals surface area contributed by atoms with Crippen LogP contribution in [0, 0.1) is 5.82 Å². The van der Waals surface area contributed by atoms with E-state index in [4.69, 9.17) is 10.5 Å². The highest BCUT2D eigenvalue weighted by Gasteiger charge is 2.21. The van der Waals surface area contributed by atoms with Gasteiger partial charge in [0, 0.05) is 19.3 Å². The maximum Gasteiger partial charge on any atom is 0.351 e. The van der Waals surface area contributed by atoms with Gasteiger partial charge in [-0.2, -0.15) is 0 Å². The van der Waals surface area contributed by atoms with Crippen LogP contribution in [0.1, 0.15) is 35.7 Å². The van der Waals surface area contributed by atoms with Crippen molar-refractivity contribution in [1.82, 2.24) is 20.2 Å². The molecular weight excluding hydrogens is 539 g/mol. The minimum atomic E-state index is -0.692. The smallest absolute Gasteiger partial charge is 0.351 e. The minimum Gasteiger partial charge on any atom is -0.493 e. The van der Waals surface area contributed by atoms with Crippen molar-refractivity contribution in [2.75, 3.05) is 43.9 Å². The molecule has 0 radical (unpaired) electrons. The number of nitrogens with zero attached hydrogens (tertiary/aromatic N) is 2. The Morgan fingerprint density at radius 1 is 1.17 bits per heavy atom. The van der Waals surface area contributed by atoms with E-state index in [2.05, 4.69) is 54.9 Å². The Balaban J connectivity index is 1.43.